The molecule has 1 aromatic carbocycles. The average molecular weight is 332 g/mol. The monoisotopic (exact) mass is 331 g/mol. The summed E-state index contributed by atoms with van der Waals surface area (Å²) in [5, 5.41) is 10.3. The minimum absolute atomic E-state index is 0.0696. The van der Waals surface area contributed by atoms with Crippen LogP contribution >= 0.6 is 23.2 Å². The molecule has 1 fully saturated rings. The first-order chi connectivity index (χ1) is 9.82. The summed E-state index contributed by atoms with van der Waals surface area (Å²) in [5.41, 5.74) is 0.154. The van der Waals surface area contributed by atoms with Crippen LogP contribution in [0.3, 0.4) is 0 Å². The molecule has 1 aliphatic heterocycles. The molecule has 1 N–H and O–H groups in total. The normalized spacial score (nSPS) is 21.4. The zero-order valence-corrected chi connectivity index (χ0v) is 13.6. The fourth-order valence-electron chi connectivity index (χ4n) is 2.54. The van der Waals surface area contributed by atoms with Gasteiger partial charge in [0.15, 0.2) is 0 Å². The first-order valence-corrected chi connectivity index (χ1v) is 7.57. The summed E-state index contributed by atoms with van der Waals surface area (Å²) in [4.78, 5) is 14.2. The Bertz CT molecular complexity index is 513. The third-order valence-electron chi connectivity index (χ3n) is 3.43. The average Bonchev–Trinajstić information content (AvgIpc) is 2.41. The van der Waals surface area contributed by atoms with E-state index in [2.05, 4.69) is 0 Å². The Morgan fingerprint density at radius 1 is 1.43 bits per heavy atom. The second kappa shape index (κ2) is 6.53. The van der Waals surface area contributed by atoms with Gasteiger partial charge in [-0.3, -0.25) is 4.79 Å². The van der Waals surface area contributed by atoms with Gasteiger partial charge in [0.2, 0.25) is 5.91 Å². The number of rotatable bonds is 3. The summed E-state index contributed by atoms with van der Waals surface area (Å²) in [6.45, 7) is 4.54. The van der Waals surface area contributed by atoms with E-state index in [0.717, 1.165) is 0 Å². The lowest BCUT2D eigenvalue weighted by atomic mass is 10.0. The van der Waals surface area contributed by atoms with Crippen molar-refractivity contribution >= 4 is 29.1 Å². The molecular weight excluding hydrogens is 313 g/mol. The fraction of sp³-hybridized carbons (Fsp3) is 0.533. The van der Waals surface area contributed by atoms with Crippen LogP contribution in [0.15, 0.2) is 18.2 Å². The number of carbonyl (C=O) groups is 1. The number of morpholine rings is 1. The molecule has 4 nitrogen and oxygen atoms in total. The summed E-state index contributed by atoms with van der Waals surface area (Å²) in [6, 6.07) is 5.18. The molecule has 1 aliphatic rings. The molecule has 0 bridgehead atoms. The molecule has 1 heterocycles. The van der Waals surface area contributed by atoms with Crippen LogP contribution in [-0.4, -0.2) is 47.3 Å². The Labute approximate surface area is 134 Å². The minimum Gasteiger partial charge on any atom is -0.394 e. The lowest BCUT2D eigenvalue weighted by molar-refractivity contribution is -0.166. The number of benzene rings is 1. The van der Waals surface area contributed by atoms with Gasteiger partial charge in [0.05, 0.1) is 24.7 Å². The Kier molecular flexibility index (Phi) is 5.15. The zero-order valence-electron chi connectivity index (χ0n) is 12.1. The molecular formula is C15H19Cl2NO3. The van der Waals surface area contributed by atoms with Gasteiger partial charge in [-0.2, -0.15) is 0 Å². The van der Waals surface area contributed by atoms with Gasteiger partial charge in [0.25, 0.3) is 0 Å². The Morgan fingerprint density at radius 3 is 2.62 bits per heavy atom. The van der Waals surface area contributed by atoms with Gasteiger partial charge >= 0.3 is 0 Å². The predicted molar refractivity (Wildman–Crippen MR) is 82.8 cm³/mol. The molecule has 0 aliphatic carbocycles. The summed E-state index contributed by atoms with van der Waals surface area (Å²) < 4.78 is 5.70. The van der Waals surface area contributed by atoms with Crippen molar-refractivity contribution < 1.29 is 14.6 Å². The van der Waals surface area contributed by atoms with Crippen molar-refractivity contribution in [2.24, 2.45) is 0 Å². The van der Waals surface area contributed by atoms with Crippen LogP contribution in [0.4, 0.5) is 0 Å². The summed E-state index contributed by atoms with van der Waals surface area (Å²) in [5.74, 6) is -0.0696. The van der Waals surface area contributed by atoms with Crippen molar-refractivity contribution in [2.45, 2.75) is 32.0 Å². The van der Waals surface area contributed by atoms with Gasteiger partial charge in [-0.25, -0.2) is 0 Å². The topological polar surface area (TPSA) is 49.8 Å². The molecule has 1 aromatic rings. The van der Waals surface area contributed by atoms with Crippen LogP contribution in [0.5, 0.6) is 0 Å². The quantitative estimate of drug-likeness (QED) is 0.925. The van der Waals surface area contributed by atoms with Crippen molar-refractivity contribution in [2.75, 3.05) is 19.7 Å². The van der Waals surface area contributed by atoms with E-state index >= 15 is 0 Å². The Morgan fingerprint density at radius 2 is 2.05 bits per heavy atom. The van der Waals surface area contributed by atoms with Crippen LogP contribution in [0.25, 0.3) is 0 Å². The maximum atomic E-state index is 12.5. The number of halogens is 2. The van der Waals surface area contributed by atoms with Crippen LogP contribution in [0.1, 0.15) is 19.4 Å². The van der Waals surface area contributed by atoms with Gasteiger partial charge in [0, 0.05) is 23.1 Å². The Hall–Kier alpha value is -0.810. The molecule has 21 heavy (non-hydrogen) atoms. The highest BCUT2D eigenvalue weighted by molar-refractivity contribution is 6.36. The van der Waals surface area contributed by atoms with Gasteiger partial charge < -0.3 is 14.7 Å². The van der Waals surface area contributed by atoms with E-state index in [1.165, 1.54) is 0 Å². The second-order valence-electron chi connectivity index (χ2n) is 5.83. The van der Waals surface area contributed by atoms with E-state index in [1.54, 1.807) is 23.1 Å². The third kappa shape index (κ3) is 4.10. The van der Waals surface area contributed by atoms with Gasteiger partial charge in [-0.1, -0.05) is 29.3 Å². The van der Waals surface area contributed by atoms with Crippen molar-refractivity contribution in [3.63, 3.8) is 0 Å². The van der Waals surface area contributed by atoms with Crippen molar-refractivity contribution in [1.82, 2.24) is 4.90 Å². The van der Waals surface area contributed by atoms with Crippen LogP contribution < -0.4 is 0 Å². The highest BCUT2D eigenvalue weighted by Gasteiger charge is 2.35. The number of aliphatic hydroxyl groups excluding tert-OH is 1. The number of hydrogen-bond acceptors (Lipinski definition) is 3. The number of carbonyl (C=O) groups excluding carboxylic acids is 1. The Balaban J connectivity index is 2.13. The minimum atomic E-state index is -0.481. The number of amides is 1. The van der Waals surface area contributed by atoms with Gasteiger partial charge in [-0.15, -0.1) is 0 Å². The van der Waals surface area contributed by atoms with Crippen LogP contribution in [0.2, 0.25) is 10.0 Å². The predicted octanol–water partition coefficient (Wildman–Crippen LogP) is 2.53. The number of ether oxygens (including phenoxy) is 1. The summed E-state index contributed by atoms with van der Waals surface area (Å²) in [6.07, 6.45) is -0.216. The van der Waals surface area contributed by atoms with Crippen molar-refractivity contribution in [3.8, 4) is 0 Å². The van der Waals surface area contributed by atoms with Crippen LogP contribution in [-0.2, 0) is 16.0 Å². The van der Waals surface area contributed by atoms with E-state index in [9.17, 15) is 9.90 Å². The van der Waals surface area contributed by atoms with E-state index in [4.69, 9.17) is 27.9 Å². The zero-order chi connectivity index (χ0) is 15.6. The molecule has 1 saturated heterocycles. The number of aliphatic hydroxyl groups is 1. The number of nitrogens with zero attached hydrogens (tertiary/aromatic N) is 1. The molecule has 2 rings (SSSR count). The van der Waals surface area contributed by atoms with Crippen molar-refractivity contribution in [3.05, 3.63) is 33.8 Å². The summed E-state index contributed by atoms with van der Waals surface area (Å²) in [7, 11) is 0. The standard InChI is InChI=1S/C15H19Cl2NO3/c1-15(2)9-18(7-10(8-19)21-15)14(20)6-11-12(16)4-3-5-13(11)17/h3-5,10,19H,6-9H2,1-2H3. The SMILES string of the molecule is CC1(C)CN(C(=O)Cc2c(Cl)cccc2Cl)CC(CO)O1. The van der Waals surface area contributed by atoms with Crippen LogP contribution in [0, 0.1) is 0 Å². The maximum Gasteiger partial charge on any atom is 0.227 e. The molecule has 0 saturated carbocycles. The molecule has 0 spiro atoms. The highest BCUT2D eigenvalue weighted by Crippen LogP contribution is 2.27. The smallest absolute Gasteiger partial charge is 0.227 e. The molecule has 1 amide bonds. The molecule has 1 atom stereocenters. The van der Waals surface area contributed by atoms with Gasteiger partial charge in [0.1, 0.15) is 0 Å². The van der Waals surface area contributed by atoms with E-state index in [0.29, 0.717) is 28.7 Å². The van der Waals surface area contributed by atoms with Crippen molar-refractivity contribution in [1.29, 1.82) is 0 Å². The second-order valence-corrected chi connectivity index (χ2v) is 6.65. The number of hydrogen-bond donors (Lipinski definition) is 1. The van der Waals surface area contributed by atoms with Gasteiger partial charge in [-0.05, 0) is 31.5 Å². The molecule has 1 unspecified atom stereocenters. The molecule has 6 heteroatoms. The fourth-order valence-corrected chi connectivity index (χ4v) is 3.08. The molecule has 116 valence electrons. The maximum absolute atomic E-state index is 12.5. The highest BCUT2D eigenvalue weighted by atomic mass is 35.5. The van der Waals surface area contributed by atoms with E-state index < -0.39 is 5.60 Å². The lowest BCUT2D eigenvalue weighted by Crippen LogP contribution is -2.55. The first-order valence-electron chi connectivity index (χ1n) is 6.82. The summed E-state index contributed by atoms with van der Waals surface area (Å²) >= 11 is 12.2. The third-order valence-corrected chi connectivity index (χ3v) is 4.14. The first kappa shape index (κ1) is 16.6. The largest absolute Gasteiger partial charge is 0.394 e. The molecule has 0 aromatic heterocycles. The lowest BCUT2D eigenvalue weighted by Gasteiger charge is -2.42. The molecule has 0 radical (unpaired) electrons. The van der Waals surface area contributed by atoms with E-state index in [-0.39, 0.29) is 25.0 Å². The van der Waals surface area contributed by atoms with E-state index in [1.807, 2.05) is 13.8 Å².